The van der Waals surface area contributed by atoms with Gasteiger partial charge in [-0.1, -0.05) is 33.6 Å². The molecule has 0 amide bonds. The third-order valence-corrected chi connectivity index (χ3v) is 4.55. The molecule has 0 saturated carbocycles. The van der Waals surface area contributed by atoms with Crippen LogP contribution in [0.1, 0.15) is 75.2 Å². The van der Waals surface area contributed by atoms with E-state index in [0.717, 1.165) is 19.5 Å². The smallest absolute Gasteiger partial charge is 0.120 e. The first-order valence-corrected chi connectivity index (χ1v) is 8.66. The maximum Gasteiger partial charge on any atom is 0.120 e. The Morgan fingerprint density at radius 2 is 1.89 bits per heavy atom. The van der Waals surface area contributed by atoms with Gasteiger partial charge in [-0.05, 0) is 38.8 Å². The van der Waals surface area contributed by atoms with E-state index in [4.69, 9.17) is 0 Å². The van der Waals surface area contributed by atoms with Crippen LogP contribution in [0.2, 0.25) is 0 Å². The van der Waals surface area contributed by atoms with Gasteiger partial charge in [0, 0.05) is 12.3 Å². The van der Waals surface area contributed by atoms with Gasteiger partial charge in [-0.15, -0.1) is 21.5 Å². The van der Waals surface area contributed by atoms with Crippen LogP contribution in [0.3, 0.4) is 0 Å². The Labute approximate surface area is 122 Å². The molecule has 0 radical (unpaired) electrons. The highest BCUT2D eigenvalue weighted by atomic mass is 32.1. The number of aromatic nitrogens is 2. The Morgan fingerprint density at radius 3 is 2.58 bits per heavy atom. The van der Waals surface area contributed by atoms with Gasteiger partial charge in [-0.2, -0.15) is 0 Å². The van der Waals surface area contributed by atoms with E-state index in [2.05, 4.69) is 36.3 Å². The summed E-state index contributed by atoms with van der Waals surface area (Å²) in [6.45, 7) is 8.93. The van der Waals surface area contributed by atoms with Crippen LogP contribution in [-0.4, -0.2) is 23.3 Å². The average Bonchev–Trinajstić information content (AvgIpc) is 2.88. The van der Waals surface area contributed by atoms with Crippen molar-refractivity contribution in [2.24, 2.45) is 0 Å². The third-order valence-electron chi connectivity index (χ3n) is 3.40. The summed E-state index contributed by atoms with van der Waals surface area (Å²) in [5.74, 6) is 0.629. The summed E-state index contributed by atoms with van der Waals surface area (Å²) >= 11 is 1.83. The summed E-state index contributed by atoms with van der Waals surface area (Å²) in [7, 11) is 0. The predicted molar refractivity (Wildman–Crippen MR) is 83.9 cm³/mol. The standard InChI is InChI=1S/C15H29N3S/c1-4-7-9-13(6-3)15-18-17-14(19-15)10-8-12-16-11-5-2/h13,16H,4-12H2,1-3H3. The van der Waals surface area contributed by atoms with E-state index in [-0.39, 0.29) is 0 Å². The molecule has 3 nitrogen and oxygen atoms in total. The van der Waals surface area contributed by atoms with Crippen LogP contribution < -0.4 is 5.32 Å². The molecule has 1 rings (SSSR count). The lowest BCUT2D eigenvalue weighted by atomic mass is 10.0. The highest BCUT2D eigenvalue weighted by Gasteiger charge is 2.14. The van der Waals surface area contributed by atoms with Gasteiger partial charge in [-0.3, -0.25) is 0 Å². The van der Waals surface area contributed by atoms with Crippen LogP contribution in [0.5, 0.6) is 0 Å². The van der Waals surface area contributed by atoms with E-state index >= 15 is 0 Å². The van der Waals surface area contributed by atoms with Gasteiger partial charge in [-0.25, -0.2) is 0 Å². The second kappa shape index (κ2) is 10.3. The Balaban J connectivity index is 2.33. The van der Waals surface area contributed by atoms with E-state index in [1.54, 1.807) is 0 Å². The van der Waals surface area contributed by atoms with Crippen molar-refractivity contribution in [1.82, 2.24) is 15.5 Å². The molecule has 1 atom stereocenters. The summed E-state index contributed by atoms with van der Waals surface area (Å²) in [4.78, 5) is 0. The fourth-order valence-electron chi connectivity index (χ4n) is 2.15. The molecular formula is C15H29N3S. The first-order valence-electron chi connectivity index (χ1n) is 7.84. The van der Waals surface area contributed by atoms with E-state index in [1.165, 1.54) is 48.5 Å². The van der Waals surface area contributed by atoms with Crippen molar-refractivity contribution >= 4 is 11.3 Å². The number of hydrogen-bond donors (Lipinski definition) is 1. The van der Waals surface area contributed by atoms with Crippen molar-refractivity contribution < 1.29 is 0 Å². The van der Waals surface area contributed by atoms with Crippen molar-refractivity contribution in [3.05, 3.63) is 10.0 Å². The Bertz CT molecular complexity index is 325. The zero-order chi connectivity index (χ0) is 13.9. The summed E-state index contributed by atoms with van der Waals surface area (Å²) in [6, 6.07) is 0. The number of nitrogens with one attached hydrogen (secondary N) is 1. The van der Waals surface area contributed by atoms with E-state index < -0.39 is 0 Å². The molecule has 0 fully saturated rings. The number of nitrogens with zero attached hydrogens (tertiary/aromatic N) is 2. The Morgan fingerprint density at radius 1 is 1.05 bits per heavy atom. The Kier molecular flexibility index (Phi) is 9.01. The lowest BCUT2D eigenvalue weighted by molar-refractivity contribution is 0.562. The molecule has 0 spiro atoms. The minimum Gasteiger partial charge on any atom is -0.317 e. The van der Waals surface area contributed by atoms with Crippen molar-refractivity contribution in [3.63, 3.8) is 0 Å². The molecular weight excluding hydrogens is 254 g/mol. The normalized spacial score (nSPS) is 12.8. The van der Waals surface area contributed by atoms with Crippen molar-refractivity contribution in [3.8, 4) is 0 Å². The molecule has 0 aliphatic carbocycles. The van der Waals surface area contributed by atoms with Crippen LogP contribution in [-0.2, 0) is 6.42 Å². The fourth-order valence-corrected chi connectivity index (χ4v) is 3.25. The van der Waals surface area contributed by atoms with Crippen molar-refractivity contribution in [2.45, 2.75) is 71.6 Å². The topological polar surface area (TPSA) is 37.8 Å². The third kappa shape index (κ3) is 6.48. The maximum atomic E-state index is 4.40. The molecule has 0 aliphatic rings. The van der Waals surface area contributed by atoms with Crippen LogP contribution in [0.4, 0.5) is 0 Å². The highest BCUT2D eigenvalue weighted by Crippen LogP contribution is 2.28. The van der Waals surface area contributed by atoms with Crippen LogP contribution >= 0.6 is 11.3 Å². The zero-order valence-corrected chi connectivity index (χ0v) is 13.6. The molecule has 1 aromatic rings. The first kappa shape index (κ1) is 16.6. The summed E-state index contributed by atoms with van der Waals surface area (Å²) in [5, 5.41) is 14.7. The minimum absolute atomic E-state index is 0.629. The van der Waals surface area contributed by atoms with Crippen LogP contribution in [0.25, 0.3) is 0 Å². The van der Waals surface area contributed by atoms with Gasteiger partial charge < -0.3 is 5.32 Å². The number of aryl methyl sites for hydroxylation is 1. The lowest BCUT2D eigenvalue weighted by Crippen LogP contribution is -2.16. The minimum atomic E-state index is 0.629. The SMILES string of the molecule is CCCCC(CC)c1nnc(CCCNCCC)s1. The van der Waals surface area contributed by atoms with Gasteiger partial charge in [0.1, 0.15) is 10.0 Å². The second-order valence-corrected chi connectivity index (χ2v) is 6.23. The summed E-state index contributed by atoms with van der Waals surface area (Å²) in [6.07, 6.45) is 8.46. The molecule has 0 bridgehead atoms. The molecule has 4 heteroatoms. The quantitative estimate of drug-likeness (QED) is 0.620. The summed E-state index contributed by atoms with van der Waals surface area (Å²) in [5.41, 5.74) is 0. The average molecular weight is 283 g/mol. The fraction of sp³-hybridized carbons (Fsp3) is 0.867. The summed E-state index contributed by atoms with van der Waals surface area (Å²) < 4.78 is 0. The van der Waals surface area contributed by atoms with E-state index in [0.29, 0.717) is 5.92 Å². The maximum absolute atomic E-state index is 4.40. The van der Waals surface area contributed by atoms with E-state index in [1.807, 2.05) is 11.3 Å². The van der Waals surface area contributed by atoms with Crippen molar-refractivity contribution in [1.29, 1.82) is 0 Å². The van der Waals surface area contributed by atoms with Crippen LogP contribution in [0, 0.1) is 0 Å². The molecule has 19 heavy (non-hydrogen) atoms. The first-order chi connectivity index (χ1) is 9.31. The predicted octanol–water partition coefficient (Wildman–Crippen LogP) is 4.15. The van der Waals surface area contributed by atoms with Gasteiger partial charge in [0.15, 0.2) is 0 Å². The molecule has 0 aliphatic heterocycles. The largest absolute Gasteiger partial charge is 0.317 e. The number of rotatable bonds is 11. The second-order valence-electron chi connectivity index (χ2n) is 5.13. The number of unbranched alkanes of at least 4 members (excludes halogenated alkanes) is 1. The molecule has 0 aromatic carbocycles. The molecule has 110 valence electrons. The highest BCUT2D eigenvalue weighted by molar-refractivity contribution is 7.11. The van der Waals surface area contributed by atoms with Gasteiger partial charge in [0.25, 0.3) is 0 Å². The van der Waals surface area contributed by atoms with E-state index in [9.17, 15) is 0 Å². The zero-order valence-electron chi connectivity index (χ0n) is 12.7. The molecule has 1 unspecified atom stereocenters. The Hall–Kier alpha value is -0.480. The van der Waals surface area contributed by atoms with Gasteiger partial charge in [0.05, 0.1) is 0 Å². The monoisotopic (exact) mass is 283 g/mol. The van der Waals surface area contributed by atoms with Crippen molar-refractivity contribution in [2.75, 3.05) is 13.1 Å². The van der Waals surface area contributed by atoms with Gasteiger partial charge in [0.2, 0.25) is 0 Å². The lowest BCUT2D eigenvalue weighted by Gasteiger charge is -2.09. The molecule has 1 aromatic heterocycles. The number of hydrogen-bond acceptors (Lipinski definition) is 4. The van der Waals surface area contributed by atoms with Gasteiger partial charge >= 0.3 is 0 Å². The molecule has 0 saturated heterocycles. The molecule has 1 heterocycles. The van der Waals surface area contributed by atoms with Crippen LogP contribution in [0.15, 0.2) is 0 Å². The molecule has 1 N–H and O–H groups in total.